The number of thiophene rings is 1. The standard InChI is InChI=1S/C16H20N2O2S/c1-12-14(17)10-15(21-12)16(19)18(8-9-20-2)11-13-6-4-3-5-7-13/h3-7,10H,8-9,11,17H2,1-2H3. The van der Waals surface area contributed by atoms with E-state index < -0.39 is 0 Å². The van der Waals surface area contributed by atoms with Crippen molar-refractivity contribution in [2.75, 3.05) is 26.0 Å². The first-order valence-corrected chi connectivity index (χ1v) is 7.61. The third kappa shape index (κ3) is 4.06. The molecule has 2 aromatic rings. The second-order valence-electron chi connectivity index (χ2n) is 4.83. The summed E-state index contributed by atoms with van der Waals surface area (Å²) in [6.07, 6.45) is 0. The molecule has 0 aliphatic heterocycles. The SMILES string of the molecule is COCCN(Cc1ccccc1)C(=O)c1cc(N)c(C)s1. The summed E-state index contributed by atoms with van der Waals surface area (Å²) >= 11 is 1.44. The molecule has 0 fully saturated rings. The molecular weight excluding hydrogens is 284 g/mol. The Morgan fingerprint density at radius 3 is 2.62 bits per heavy atom. The molecule has 0 aliphatic carbocycles. The van der Waals surface area contributed by atoms with E-state index >= 15 is 0 Å². The average Bonchev–Trinajstić information content (AvgIpc) is 2.83. The van der Waals surface area contributed by atoms with Crippen LogP contribution >= 0.6 is 11.3 Å². The van der Waals surface area contributed by atoms with Gasteiger partial charge in [-0.1, -0.05) is 30.3 Å². The molecular formula is C16H20N2O2S. The molecule has 0 spiro atoms. The van der Waals surface area contributed by atoms with Crippen molar-refractivity contribution in [3.8, 4) is 0 Å². The maximum Gasteiger partial charge on any atom is 0.264 e. The summed E-state index contributed by atoms with van der Waals surface area (Å²) in [4.78, 5) is 16.1. The van der Waals surface area contributed by atoms with Gasteiger partial charge in [0.2, 0.25) is 0 Å². The summed E-state index contributed by atoms with van der Waals surface area (Å²) in [6, 6.07) is 11.7. The van der Waals surface area contributed by atoms with Gasteiger partial charge in [0.25, 0.3) is 5.91 Å². The van der Waals surface area contributed by atoms with Gasteiger partial charge in [-0.3, -0.25) is 4.79 Å². The second kappa shape index (κ2) is 7.24. The fourth-order valence-corrected chi connectivity index (χ4v) is 2.92. The van der Waals surface area contributed by atoms with E-state index in [0.717, 1.165) is 10.4 Å². The first-order chi connectivity index (χ1) is 10.1. The van der Waals surface area contributed by atoms with Gasteiger partial charge in [-0.2, -0.15) is 0 Å². The minimum absolute atomic E-state index is 0.000651. The zero-order valence-corrected chi connectivity index (χ0v) is 13.2. The maximum atomic E-state index is 12.6. The minimum atomic E-state index is 0.000651. The van der Waals surface area contributed by atoms with E-state index in [9.17, 15) is 4.79 Å². The summed E-state index contributed by atoms with van der Waals surface area (Å²) in [7, 11) is 1.64. The molecule has 2 N–H and O–H groups in total. The number of nitrogen functional groups attached to an aromatic ring is 1. The number of anilines is 1. The van der Waals surface area contributed by atoms with Crippen LogP contribution in [0.4, 0.5) is 5.69 Å². The predicted octanol–water partition coefficient (Wildman–Crippen LogP) is 2.93. The van der Waals surface area contributed by atoms with Gasteiger partial charge < -0.3 is 15.4 Å². The van der Waals surface area contributed by atoms with Crippen LogP contribution in [-0.2, 0) is 11.3 Å². The number of aryl methyl sites for hydroxylation is 1. The van der Waals surface area contributed by atoms with Gasteiger partial charge in [0, 0.05) is 30.8 Å². The van der Waals surface area contributed by atoms with E-state index in [2.05, 4.69) is 0 Å². The van der Waals surface area contributed by atoms with Crippen molar-refractivity contribution in [2.45, 2.75) is 13.5 Å². The summed E-state index contributed by atoms with van der Waals surface area (Å²) in [5, 5.41) is 0. The lowest BCUT2D eigenvalue weighted by Gasteiger charge is -2.22. The number of carbonyl (C=O) groups is 1. The largest absolute Gasteiger partial charge is 0.398 e. The lowest BCUT2D eigenvalue weighted by Crippen LogP contribution is -2.33. The predicted molar refractivity (Wildman–Crippen MR) is 86.5 cm³/mol. The maximum absolute atomic E-state index is 12.6. The molecule has 2 rings (SSSR count). The van der Waals surface area contributed by atoms with Gasteiger partial charge in [-0.25, -0.2) is 0 Å². The van der Waals surface area contributed by atoms with E-state index in [1.807, 2.05) is 37.3 Å². The van der Waals surface area contributed by atoms with Crippen LogP contribution < -0.4 is 5.73 Å². The number of hydrogen-bond acceptors (Lipinski definition) is 4. The third-order valence-electron chi connectivity index (χ3n) is 3.24. The summed E-state index contributed by atoms with van der Waals surface area (Å²) in [5.74, 6) is 0.000651. The molecule has 0 saturated carbocycles. The zero-order valence-electron chi connectivity index (χ0n) is 12.3. The molecule has 0 bridgehead atoms. The fraction of sp³-hybridized carbons (Fsp3) is 0.312. The molecule has 4 nitrogen and oxygen atoms in total. The lowest BCUT2D eigenvalue weighted by atomic mass is 10.2. The molecule has 1 aromatic carbocycles. The molecule has 0 radical (unpaired) electrons. The number of rotatable bonds is 6. The third-order valence-corrected chi connectivity index (χ3v) is 4.29. The number of nitrogens with two attached hydrogens (primary N) is 1. The second-order valence-corrected chi connectivity index (χ2v) is 6.08. The Morgan fingerprint density at radius 2 is 2.05 bits per heavy atom. The van der Waals surface area contributed by atoms with Crippen LogP contribution in [-0.4, -0.2) is 31.1 Å². The van der Waals surface area contributed by atoms with E-state index in [-0.39, 0.29) is 5.91 Å². The highest BCUT2D eigenvalue weighted by atomic mass is 32.1. The first-order valence-electron chi connectivity index (χ1n) is 6.80. The molecule has 112 valence electrons. The van der Waals surface area contributed by atoms with E-state index in [4.69, 9.17) is 10.5 Å². The van der Waals surface area contributed by atoms with E-state index in [0.29, 0.717) is 30.3 Å². The van der Waals surface area contributed by atoms with E-state index in [1.54, 1.807) is 18.1 Å². The molecule has 0 saturated heterocycles. The van der Waals surface area contributed by atoms with Gasteiger partial charge in [0.1, 0.15) is 0 Å². The van der Waals surface area contributed by atoms with Crippen molar-refractivity contribution < 1.29 is 9.53 Å². The normalized spacial score (nSPS) is 10.6. The van der Waals surface area contributed by atoms with Crippen molar-refractivity contribution in [2.24, 2.45) is 0 Å². The fourth-order valence-electron chi connectivity index (χ4n) is 2.02. The molecule has 1 aromatic heterocycles. The van der Waals surface area contributed by atoms with Gasteiger partial charge >= 0.3 is 0 Å². The molecule has 1 heterocycles. The molecule has 5 heteroatoms. The molecule has 1 amide bonds. The lowest BCUT2D eigenvalue weighted by molar-refractivity contribution is 0.0685. The van der Waals surface area contributed by atoms with Crippen LogP contribution in [0.15, 0.2) is 36.4 Å². The highest BCUT2D eigenvalue weighted by Gasteiger charge is 2.18. The number of methoxy groups -OCH3 is 1. The Labute approximate surface area is 129 Å². The van der Waals surface area contributed by atoms with Crippen LogP contribution in [0, 0.1) is 6.92 Å². The number of hydrogen-bond donors (Lipinski definition) is 1. The number of ether oxygens (including phenoxy) is 1. The Kier molecular flexibility index (Phi) is 5.36. The Morgan fingerprint density at radius 1 is 1.33 bits per heavy atom. The van der Waals surface area contributed by atoms with Crippen LogP contribution in [0.1, 0.15) is 20.1 Å². The Bertz CT molecular complexity index is 576. The van der Waals surface area contributed by atoms with Crippen molar-refractivity contribution in [1.82, 2.24) is 4.90 Å². The Hall–Kier alpha value is -1.85. The van der Waals surface area contributed by atoms with Crippen LogP contribution in [0.2, 0.25) is 0 Å². The monoisotopic (exact) mass is 304 g/mol. The molecule has 0 atom stereocenters. The average molecular weight is 304 g/mol. The summed E-state index contributed by atoms with van der Waals surface area (Å²) < 4.78 is 5.11. The summed E-state index contributed by atoms with van der Waals surface area (Å²) in [6.45, 7) is 3.56. The number of nitrogens with zero attached hydrogens (tertiary/aromatic N) is 1. The highest BCUT2D eigenvalue weighted by Crippen LogP contribution is 2.25. The zero-order chi connectivity index (χ0) is 15.2. The van der Waals surface area contributed by atoms with Crippen LogP contribution in [0.5, 0.6) is 0 Å². The number of carbonyl (C=O) groups excluding carboxylic acids is 1. The minimum Gasteiger partial charge on any atom is -0.398 e. The van der Waals surface area contributed by atoms with Crippen LogP contribution in [0.3, 0.4) is 0 Å². The van der Waals surface area contributed by atoms with Gasteiger partial charge in [-0.15, -0.1) is 11.3 Å². The van der Waals surface area contributed by atoms with Gasteiger partial charge in [0.05, 0.1) is 11.5 Å². The van der Waals surface area contributed by atoms with Gasteiger partial charge in [-0.05, 0) is 18.6 Å². The van der Waals surface area contributed by atoms with Gasteiger partial charge in [0.15, 0.2) is 0 Å². The molecule has 0 aliphatic rings. The smallest absolute Gasteiger partial charge is 0.264 e. The quantitative estimate of drug-likeness (QED) is 0.892. The van der Waals surface area contributed by atoms with E-state index in [1.165, 1.54) is 11.3 Å². The van der Waals surface area contributed by atoms with Crippen molar-refractivity contribution in [3.63, 3.8) is 0 Å². The topological polar surface area (TPSA) is 55.6 Å². The van der Waals surface area contributed by atoms with Crippen LogP contribution in [0.25, 0.3) is 0 Å². The van der Waals surface area contributed by atoms with Crippen molar-refractivity contribution in [1.29, 1.82) is 0 Å². The van der Waals surface area contributed by atoms with Crippen molar-refractivity contribution >= 4 is 22.9 Å². The highest BCUT2D eigenvalue weighted by molar-refractivity contribution is 7.14. The van der Waals surface area contributed by atoms with Crippen molar-refractivity contribution in [3.05, 3.63) is 51.7 Å². The Balaban J connectivity index is 2.16. The first kappa shape index (κ1) is 15.5. The summed E-state index contributed by atoms with van der Waals surface area (Å²) in [5.41, 5.74) is 7.62. The number of amides is 1. The molecule has 21 heavy (non-hydrogen) atoms. The molecule has 0 unspecified atom stereocenters. The number of benzene rings is 1.